The summed E-state index contributed by atoms with van der Waals surface area (Å²) in [6.45, 7) is 3.23. The van der Waals surface area contributed by atoms with Gasteiger partial charge in [-0.05, 0) is 48.2 Å². The Hall–Kier alpha value is -1.83. The van der Waals surface area contributed by atoms with Crippen molar-refractivity contribution in [2.45, 2.75) is 48.6 Å². The van der Waals surface area contributed by atoms with E-state index in [0.29, 0.717) is 6.42 Å². The van der Waals surface area contributed by atoms with E-state index < -0.39 is 53.5 Å². The van der Waals surface area contributed by atoms with Gasteiger partial charge in [-0.1, -0.05) is 38.1 Å². The molecule has 0 amide bonds. The van der Waals surface area contributed by atoms with Crippen LogP contribution in [0.15, 0.2) is 58.3 Å². The van der Waals surface area contributed by atoms with E-state index in [9.17, 15) is 30.4 Å². The molecule has 2 aromatic carbocycles. The van der Waals surface area contributed by atoms with Crippen LogP contribution >= 0.6 is 0 Å². The van der Waals surface area contributed by atoms with Crippen LogP contribution in [0.3, 0.4) is 0 Å². The minimum atomic E-state index is -4.21. The molecule has 0 saturated carbocycles. The van der Waals surface area contributed by atoms with Gasteiger partial charge in [-0.25, -0.2) is 30.0 Å². The molecule has 2 aromatic rings. The number of aliphatic hydroxyl groups is 1. The van der Waals surface area contributed by atoms with E-state index >= 15 is 0 Å². The molecule has 9 nitrogen and oxygen atoms in total. The maximum absolute atomic E-state index is 13.4. The lowest BCUT2D eigenvalue weighted by molar-refractivity contribution is 0.128. The lowest BCUT2D eigenvalue weighted by atomic mass is 10.2. The van der Waals surface area contributed by atoms with Crippen molar-refractivity contribution in [1.82, 2.24) is 9.03 Å². The summed E-state index contributed by atoms with van der Waals surface area (Å²) in [5.41, 5.74) is 1.90. The van der Waals surface area contributed by atoms with Crippen LogP contribution in [0.1, 0.15) is 25.0 Å². The number of sulfonamides is 2. The van der Waals surface area contributed by atoms with Gasteiger partial charge in [-0.15, -0.1) is 0 Å². The maximum Gasteiger partial charge on any atom is 0.243 e. The fourth-order valence-electron chi connectivity index (χ4n) is 3.86. The Balaban J connectivity index is 1.85. The fourth-order valence-corrected chi connectivity index (χ4v) is 8.43. The summed E-state index contributed by atoms with van der Waals surface area (Å²) < 4.78 is 79.6. The van der Waals surface area contributed by atoms with Crippen molar-refractivity contribution >= 4 is 29.9 Å². The zero-order chi connectivity index (χ0) is 25.1. The Morgan fingerprint density at radius 3 is 1.82 bits per heavy atom. The van der Waals surface area contributed by atoms with Crippen LogP contribution in [0.2, 0.25) is 0 Å². The molecule has 34 heavy (non-hydrogen) atoms. The summed E-state index contributed by atoms with van der Waals surface area (Å²) in [5, 5.41) is 10.4. The molecule has 0 aliphatic carbocycles. The van der Waals surface area contributed by atoms with Gasteiger partial charge in [0.2, 0.25) is 20.0 Å². The molecule has 0 aromatic heterocycles. The smallest absolute Gasteiger partial charge is 0.243 e. The number of nitrogens with one attached hydrogen (secondary N) is 1. The summed E-state index contributed by atoms with van der Waals surface area (Å²) in [7, 11) is -11.8. The van der Waals surface area contributed by atoms with Crippen LogP contribution < -0.4 is 4.72 Å². The summed E-state index contributed by atoms with van der Waals surface area (Å²) >= 11 is 0. The second-order valence-electron chi connectivity index (χ2n) is 8.22. The van der Waals surface area contributed by atoms with E-state index in [-0.39, 0.29) is 22.9 Å². The first-order valence-electron chi connectivity index (χ1n) is 11.0. The number of rotatable bonds is 10. The van der Waals surface area contributed by atoms with Gasteiger partial charge in [-0.3, -0.25) is 0 Å². The van der Waals surface area contributed by atoms with Crippen LogP contribution in [-0.4, -0.2) is 71.4 Å². The van der Waals surface area contributed by atoms with Crippen molar-refractivity contribution in [2.24, 2.45) is 0 Å². The highest BCUT2D eigenvalue weighted by molar-refractivity contribution is 7.92. The molecule has 0 spiro atoms. The van der Waals surface area contributed by atoms with Crippen molar-refractivity contribution in [3.05, 3.63) is 59.7 Å². The normalized spacial score (nSPS) is 20.6. The SMILES string of the molecule is CCc1ccc(S(=O)(=O)NCCN([C@H]2CS(=O)(=O)C[C@@H]2O)S(=O)(=O)c2ccc(CC)cc2)cc1. The second-order valence-corrected chi connectivity index (χ2v) is 14.0. The molecule has 0 radical (unpaired) electrons. The standard InChI is InChI=1S/C22H30N2O7S3/c1-3-17-5-9-19(10-6-17)33(28,29)23-13-14-24(21-15-32(26,27)16-22(21)25)34(30,31)20-11-7-18(4-2)8-12-20/h5-12,21-23,25H,3-4,13-16H2,1-2H3/t21-,22-/m0/s1. The molecular weight excluding hydrogens is 500 g/mol. The first-order chi connectivity index (χ1) is 15.9. The number of benzene rings is 2. The van der Waals surface area contributed by atoms with Gasteiger partial charge >= 0.3 is 0 Å². The third-order valence-electron chi connectivity index (χ3n) is 5.87. The summed E-state index contributed by atoms with van der Waals surface area (Å²) in [6.07, 6.45) is 0.0600. The van der Waals surface area contributed by atoms with E-state index in [1.165, 1.54) is 24.3 Å². The van der Waals surface area contributed by atoms with Crippen LogP contribution in [0, 0.1) is 0 Å². The topological polar surface area (TPSA) is 138 Å². The van der Waals surface area contributed by atoms with Crippen molar-refractivity contribution in [1.29, 1.82) is 0 Å². The summed E-state index contributed by atoms with van der Waals surface area (Å²) in [6, 6.07) is 11.3. The molecule has 1 heterocycles. The average molecular weight is 531 g/mol. The van der Waals surface area contributed by atoms with Gasteiger partial charge in [0.25, 0.3) is 0 Å². The van der Waals surface area contributed by atoms with Crippen LogP contribution in [-0.2, 0) is 42.7 Å². The first kappa shape index (κ1) is 26.8. The molecule has 1 saturated heterocycles. The predicted molar refractivity (Wildman–Crippen MR) is 129 cm³/mol. The second kappa shape index (κ2) is 10.4. The Labute approximate surface area is 201 Å². The Bertz CT molecular complexity index is 1310. The van der Waals surface area contributed by atoms with Gasteiger partial charge in [-0.2, -0.15) is 4.31 Å². The maximum atomic E-state index is 13.4. The van der Waals surface area contributed by atoms with Crippen molar-refractivity contribution in [3.63, 3.8) is 0 Å². The lowest BCUT2D eigenvalue weighted by Gasteiger charge is -2.29. The number of aliphatic hydroxyl groups excluding tert-OH is 1. The van der Waals surface area contributed by atoms with Gasteiger partial charge < -0.3 is 5.11 Å². The van der Waals surface area contributed by atoms with Gasteiger partial charge in [0.05, 0.1) is 33.4 Å². The number of hydrogen-bond acceptors (Lipinski definition) is 7. The predicted octanol–water partition coefficient (Wildman–Crippen LogP) is 0.939. The number of aryl methyl sites for hydroxylation is 2. The van der Waals surface area contributed by atoms with Crippen LogP contribution in [0.4, 0.5) is 0 Å². The zero-order valence-electron chi connectivity index (χ0n) is 19.1. The van der Waals surface area contributed by atoms with E-state index in [4.69, 9.17) is 0 Å². The number of sulfone groups is 1. The molecule has 1 fully saturated rings. The zero-order valence-corrected chi connectivity index (χ0v) is 21.5. The van der Waals surface area contributed by atoms with Gasteiger partial charge in [0, 0.05) is 13.1 Å². The van der Waals surface area contributed by atoms with E-state index in [1.807, 2.05) is 13.8 Å². The molecule has 12 heteroatoms. The minimum absolute atomic E-state index is 0.0396. The van der Waals surface area contributed by atoms with Gasteiger partial charge in [0.1, 0.15) is 0 Å². The summed E-state index contributed by atoms with van der Waals surface area (Å²) in [4.78, 5) is -0.0167. The van der Waals surface area contributed by atoms with Crippen LogP contribution in [0.25, 0.3) is 0 Å². The molecule has 0 bridgehead atoms. The first-order valence-corrected chi connectivity index (χ1v) is 15.7. The number of nitrogens with zero attached hydrogens (tertiary/aromatic N) is 1. The van der Waals surface area contributed by atoms with Gasteiger partial charge in [0.15, 0.2) is 9.84 Å². The molecule has 2 atom stereocenters. The minimum Gasteiger partial charge on any atom is -0.390 e. The molecule has 3 rings (SSSR count). The molecule has 0 unspecified atom stereocenters. The highest BCUT2D eigenvalue weighted by Crippen LogP contribution is 2.25. The quantitative estimate of drug-likeness (QED) is 0.466. The van der Waals surface area contributed by atoms with Crippen molar-refractivity contribution in [3.8, 4) is 0 Å². The largest absolute Gasteiger partial charge is 0.390 e. The van der Waals surface area contributed by atoms with Crippen molar-refractivity contribution in [2.75, 3.05) is 24.6 Å². The monoisotopic (exact) mass is 530 g/mol. The highest BCUT2D eigenvalue weighted by atomic mass is 32.2. The third-order valence-corrected chi connectivity index (χ3v) is 11.0. The molecule has 1 aliphatic rings. The average Bonchev–Trinajstić information content (AvgIpc) is 3.08. The Kier molecular flexibility index (Phi) is 8.21. The molecule has 1 aliphatic heterocycles. The molecule has 2 N–H and O–H groups in total. The Morgan fingerprint density at radius 1 is 0.882 bits per heavy atom. The van der Waals surface area contributed by atoms with Crippen LogP contribution in [0.5, 0.6) is 0 Å². The lowest BCUT2D eigenvalue weighted by Crippen LogP contribution is -2.49. The third kappa shape index (κ3) is 6.04. The van der Waals surface area contributed by atoms with E-state index in [1.54, 1.807) is 24.3 Å². The Morgan fingerprint density at radius 2 is 1.38 bits per heavy atom. The fraction of sp³-hybridized carbons (Fsp3) is 0.455. The highest BCUT2D eigenvalue weighted by Gasteiger charge is 2.44. The van der Waals surface area contributed by atoms with E-state index in [0.717, 1.165) is 21.9 Å². The number of hydrogen-bond donors (Lipinski definition) is 2. The summed E-state index contributed by atoms with van der Waals surface area (Å²) in [5.74, 6) is -1.08. The molecule has 188 valence electrons. The van der Waals surface area contributed by atoms with E-state index in [2.05, 4.69) is 4.72 Å². The van der Waals surface area contributed by atoms with Crippen molar-refractivity contribution < 1.29 is 30.4 Å². The molecular formula is C22H30N2O7S3.